The lowest BCUT2D eigenvalue weighted by Crippen LogP contribution is -2.28. The third kappa shape index (κ3) is 2.12. The highest BCUT2D eigenvalue weighted by atomic mass is 35.5. The fraction of sp³-hybridized carbons (Fsp3) is 0. The number of halogens is 1. The van der Waals surface area contributed by atoms with Crippen LogP contribution in [-0.4, -0.2) is 19.0 Å². The number of imidazole rings is 1. The van der Waals surface area contributed by atoms with Gasteiger partial charge in [-0.05, 0) is 29.8 Å². The minimum Gasteiger partial charge on any atom is -0.336 e. The van der Waals surface area contributed by atoms with Crippen LogP contribution >= 0.6 is 11.6 Å². The predicted octanol–water partition coefficient (Wildman–Crippen LogP) is 3.22. The molecule has 0 spiro atoms. The molecule has 0 aliphatic carbocycles. The monoisotopic (exact) mass is 385 g/mol. The third-order valence-corrected chi connectivity index (χ3v) is 5.02. The second kappa shape index (κ2) is 5.81. The van der Waals surface area contributed by atoms with Gasteiger partial charge >= 0.3 is 0 Å². The summed E-state index contributed by atoms with van der Waals surface area (Å²) in [6.07, 6.45) is 1.39. The standard InChI is InChI=1S/C20H12ClN7/c21-12-7-5-11(6-8-12)16-13(9-22)19-26-14-3-1-2-4-15(14)28(19)20-17(16)18(23)27(24)10-25-20/h1-8,10,23H,24H2. The molecule has 28 heavy (non-hydrogen) atoms. The molecule has 0 saturated carbocycles. The molecule has 0 saturated heterocycles. The van der Waals surface area contributed by atoms with Crippen molar-refractivity contribution in [2.24, 2.45) is 0 Å². The second-order valence-corrected chi connectivity index (χ2v) is 6.76. The Hall–Kier alpha value is -3.89. The quantitative estimate of drug-likeness (QED) is 0.432. The van der Waals surface area contributed by atoms with Crippen molar-refractivity contribution in [3.63, 3.8) is 0 Å². The third-order valence-electron chi connectivity index (χ3n) is 4.76. The number of hydrogen-bond acceptors (Lipinski definition) is 5. The van der Waals surface area contributed by atoms with Crippen LogP contribution in [0.25, 0.3) is 38.8 Å². The predicted molar refractivity (Wildman–Crippen MR) is 107 cm³/mol. The number of para-hydroxylation sites is 2. The van der Waals surface area contributed by atoms with E-state index >= 15 is 0 Å². The van der Waals surface area contributed by atoms with Crippen LogP contribution in [0.2, 0.25) is 5.02 Å². The fourth-order valence-corrected chi connectivity index (χ4v) is 3.66. The second-order valence-electron chi connectivity index (χ2n) is 6.33. The van der Waals surface area contributed by atoms with Crippen LogP contribution in [0.5, 0.6) is 0 Å². The molecule has 5 aromatic rings. The topological polar surface area (TPSA) is 109 Å². The molecule has 0 aliphatic rings. The van der Waals surface area contributed by atoms with Crippen molar-refractivity contribution in [1.29, 1.82) is 10.7 Å². The summed E-state index contributed by atoms with van der Waals surface area (Å²) in [5.41, 5.74) is 4.26. The van der Waals surface area contributed by atoms with E-state index in [-0.39, 0.29) is 5.49 Å². The van der Waals surface area contributed by atoms with Crippen LogP contribution in [-0.2, 0) is 0 Å². The maximum atomic E-state index is 10.0. The molecule has 0 atom stereocenters. The van der Waals surface area contributed by atoms with Gasteiger partial charge in [0.15, 0.2) is 16.8 Å². The van der Waals surface area contributed by atoms with Crippen molar-refractivity contribution in [3.05, 3.63) is 70.9 Å². The summed E-state index contributed by atoms with van der Waals surface area (Å²) in [4.78, 5) is 9.14. The zero-order valence-corrected chi connectivity index (χ0v) is 15.1. The van der Waals surface area contributed by atoms with Crippen molar-refractivity contribution in [1.82, 2.24) is 19.0 Å². The highest BCUT2D eigenvalue weighted by molar-refractivity contribution is 6.30. The molecule has 2 aromatic carbocycles. The molecule has 8 heteroatoms. The molecule has 3 aromatic heterocycles. The van der Waals surface area contributed by atoms with Crippen LogP contribution in [0, 0.1) is 16.7 Å². The minimum atomic E-state index is 0.0473. The Morgan fingerprint density at radius 2 is 1.82 bits per heavy atom. The molecule has 0 radical (unpaired) electrons. The molecule has 134 valence electrons. The smallest absolute Gasteiger partial charge is 0.158 e. The van der Waals surface area contributed by atoms with Crippen molar-refractivity contribution in [2.45, 2.75) is 0 Å². The van der Waals surface area contributed by atoms with Crippen LogP contribution in [0.15, 0.2) is 54.9 Å². The van der Waals surface area contributed by atoms with Crippen molar-refractivity contribution < 1.29 is 0 Å². The first-order chi connectivity index (χ1) is 13.6. The van der Waals surface area contributed by atoms with E-state index in [0.29, 0.717) is 32.8 Å². The van der Waals surface area contributed by atoms with Crippen molar-refractivity contribution in [3.8, 4) is 17.2 Å². The van der Waals surface area contributed by atoms with Crippen LogP contribution < -0.4 is 11.3 Å². The summed E-state index contributed by atoms with van der Waals surface area (Å²) in [5.74, 6) is 5.92. The number of nitrogens with two attached hydrogens (primary N) is 1. The van der Waals surface area contributed by atoms with Crippen molar-refractivity contribution >= 4 is 39.3 Å². The lowest BCUT2D eigenvalue weighted by atomic mass is 9.98. The van der Waals surface area contributed by atoms with Gasteiger partial charge in [0.2, 0.25) is 0 Å². The lowest BCUT2D eigenvalue weighted by Gasteiger charge is -2.13. The number of fused-ring (bicyclic) bond motifs is 5. The van der Waals surface area contributed by atoms with Gasteiger partial charge in [0, 0.05) is 10.6 Å². The van der Waals surface area contributed by atoms with Crippen LogP contribution in [0.1, 0.15) is 5.56 Å². The Morgan fingerprint density at radius 1 is 1.07 bits per heavy atom. The number of rotatable bonds is 1. The summed E-state index contributed by atoms with van der Waals surface area (Å²) in [6.45, 7) is 0. The normalized spacial score (nSPS) is 11.3. The Labute approximate surface area is 163 Å². The van der Waals surface area contributed by atoms with E-state index in [1.165, 1.54) is 6.33 Å². The molecular formula is C20H12ClN7. The lowest BCUT2D eigenvalue weighted by molar-refractivity contribution is 0.862. The highest BCUT2D eigenvalue weighted by Crippen LogP contribution is 2.34. The number of nitrogens with zero attached hydrogens (tertiary/aromatic N) is 5. The summed E-state index contributed by atoms with van der Waals surface area (Å²) in [6, 6.07) is 17.0. The van der Waals surface area contributed by atoms with Crippen LogP contribution in [0.3, 0.4) is 0 Å². The molecule has 0 bridgehead atoms. The number of nitrogen functional groups attached to an aromatic ring is 1. The average Bonchev–Trinajstić information content (AvgIpc) is 3.10. The molecule has 0 fully saturated rings. The average molecular weight is 386 g/mol. The zero-order valence-electron chi connectivity index (χ0n) is 14.4. The number of aromatic nitrogens is 4. The van der Waals surface area contributed by atoms with E-state index in [1.807, 2.05) is 36.4 Å². The summed E-state index contributed by atoms with van der Waals surface area (Å²) >= 11 is 6.04. The molecule has 3 N–H and O–H groups in total. The van der Waals surface area contributed by atoms with E-state index in [1.54, 1.807) is 16.5 Å². The Balaban J connectivity index is 2.13. The first kappa shape index (κ1) is 16.3. The van der Waals surface area contributed by atoms with Gasteiger partial charge in [0.25, 0.3) is 0 Å². The Kier molecular flexibility index (Phi) is 3.38. The first-order valence-electron chi connectivity index (χ1n) is 8.40. The summed E-state index contributed by atoms with van der Waals surface area (Å²) in [5, 5.41) is 19.6. The Morgan fingerprint density at radius 3 is 2.57 bits per heavy atom. The summed E-state index contributed by atoms with van der Waals surface area (Å²) in [7, 11) is 0. The van der Waals surface area contributed by atoms with Gasteiger partial charge < -0.3 is 5.84 Å². The maximum absolute atomic E-state index is 10.0. The zero-order chi connectivity index (χ0) is 19.4. The van der Waals surface area contributed by atoms with E-state index in [9.17, 15) is 5.26 Å². The van der Waals surface area contributed by atoms with Gasteiger partial charge in [0.1, 0.15) is 18.0 Å². The van der Waals surface area contributed by atoms with Gasteiger partial charge in [-0.1, -0.05) is 35.9 Å². The molecule has 7 nitrogen and oxygen atoms in total. The fourth-order valence-electron chi connectivity index (χ4n) is 3.53. The van der Waals surface area contributed by atoms with E-state index in [0.717, 1.165) is 21.3 Å². The number of benzene rings is 2. The van der Waals surface area contributed by atoms with Gasteiger partial charge in [-0.25, -0.2) is 14.6 Å². The molecule has 0 unspecified atom stereocenters. The number of nitrogens with one attached hydrogen (secondary N) is 1. The highest BCUT2D eigenvalue weighted by Gasteiger charge is 2.22. The van der Waals surface area contributed by atoms with Gasteiger partial charge in [0.05, 0.1) is 16.4 Å². The van der Waals surface area contributed by atoms with E-state index < -0.39 is 0 Å². The maximum Gasteiger partial charge on any atom is 0.158 e. The number of nitriles is 1. The molecule has 5 rings (SSSR count). The molecule has 0 amide bonds. The molecule has 0 aliphatic heterocycles. The van der Waals surface area contributed by atoms with Crippen molar-refractivity contribution in [2.75, 3.05) is 5.84 Å². The molecular weight excluding hydrogens is 374 g/mol. The van der Waals surface area contributed by atoms with Gasteiger partial charge in [-0.15, -0.1) is 0 Å². The Bertz CT molecular complexity index is 1500. The van der Waals surface area contributed by atoms with E-state index in [2.05, 4.69) is 16.0 Å². The largest absolute Gasteiger partial charge is 0.336 e. The van der Waals surface area contributed by atoms with Gasteiger partial charge in [-0.3, -0.25) is 9.81 Å². The van der Waals surface area contributed by atoms with Crippen LogP contribution in [0.4, 0.5) is 0 Å². The molecule has 3 heterocycles. The van der Waals surface area contributed by atoms with Gasteiger partial charge in [-0.2, -0.15) is 5.26 Å². The first-order valence-corrected chi connectivity index (χ1v) is 8.78. The summed E-state index contributed by atoms with van der Waals surface area (Å²) < 4.78 is 2.94. The SMILES string of the molecule is N#Cc1c(-c2ccc(Cl)cc2)c2c(=N)n(N)cnc2n2c1nc1ccccc12. The number of hydrogen-bond donors (Lipinski definition) is 2. The number of pyridine rings is 1. The van der Waals surface area contributed by atoms with E-state index in [4.69, 9.17) is 22.9 Å². The minimum absolute atomic E-state index is 0.0473.